The molecule has 1 aliphatic heterocycles. The minimum Gasteiger partial charge on any atom is -0.493 e. The lowest BCUT2D eigenvalue weighted by molar-refractivity contribution is -0.120. The van der Waals surface area contributed by atoms with Crippen molar-refractivity contribution >= 4 is 17.7 Å². The van der Waals surface area contributed by atoms with E-state index in [9.17, 15) is 14.4 Å². The van der Waals surface area contributed by atoms with Crippen molar-refractivity contribution in [2.45, 2.75) is 12.3 Å². The molecule has 0 fully saturated rings. The number of halogens is 1. The van der Waals surface area contributed by atoms with Crippen molar-refractivity contribution in [2.24, 2.45) is 0 Å². The minimum atomic E-state index is -0.355. The molecule has 26 heavy (non-hydrogen) atoms. The predicted molar refractivity (Wildman–Crippen MR) is 98.9 cm³/mol. The molecule has 0 spiro atoms. The summed E-state index contributed by atoms with van der Waals surface area (Å²) in [6, 6.07) is 17.6. The van der Waals surface area contributed by atoms with E-state index in [4.69, 9.17) is 4.74 Å². The number of benzene rings is 2. The van der Waals surface area contributed by atoms with Crippen LogP contribution in [0.15, 0.2) is 65.2 Å². The zero-order valence-electron chi connectivity index (χ0n) is 13.9. The highest BCUT2D eigenvalue weighted by Gasteiger charge is 2.29. The molecule has 0 saturated heterocycles. The first kappa shape index (κ1) is 18.0. The van der Waals surface area contributed by atoms with E-state index in [-0.39, 0.29) is 24.1 Å². The SMILES string of the molecule is N#CC1=C(SCCOc2ccccc2)NC(=O)C[C@H]1c1ccc(F)cc1. The van der Waals surface area contributed by atoms with Crippen molar-refractivity contribution in [1.82, 2.24) is 5.32 Å². The lowest BCUT2D eigenvalue weighted by Gasteiger charge is -2.25. The summed E-state index contributed by atoms with van der Waals surface area (Å²) < 4.78 is 18.8. The molecule has 4 nitrogen and oxygen atoms in total. The van der Waals surface area contributed by atoms with Crippen LogP contribution in [0, 0.1) is 17.1 Å². The number of nitrogens with one attached hydrogen (secondary N) is 1. The van der Waals surface area contributed by atoms with Gasteiger partial charge < -0.3 is 10.1 Å². The van der Waals surface area contributed by atoms with Crippen molar-refractivity contribution in [2.75, 3.05) is 12.4 Å². The number of hydrogen-bond donors (Lipinski definition) is 1. The van der Waals surface area contributed by atoms with Crippen molar-refractivity contribution in [3.63, 3.8) is 0 Å². The molecule has 0 aliphatic carbocycles. The van der Waals surface area contributed by atoms with E-state index in [1.165, 1.54) is 23.9 Å². The third kappa shape index (κ3) is 4.44. The summed E-state index contributed by atoms with van der Waals surface area (Å²) in [6.45, 7) is 0.452. The van der Waals surface area contributed by atoms with Gasteiger partial charge >= 0.3 is 0 Å². The number of para-hydroxylation sites is 1. The molecular formula is C20H17FN2O2S. The molecule has 132 valence electrons. The van der Waals surface area contributed by atoms with Crippen molar-refractivity contribution in [3.8, 4) is 11.8 Å². The largest absolute Gasteiger partial charge is 0.493 e. The first-order chi connectivity index (χ1) is 12.7. The van der Waals surface area contributed by atoms with E-state index < -0.39 is 0 Å². The highest BCUT2D eigenvalue weighted by Crippen LogP contribution is 2.35. The second-order valence-corrected chi connectivity index (χ2v) is 6.83. The van der Waals surface area contributed by atoms with E-state index in [1.54, 1.807) is 12.1 Å². The van der Waals surface area contributed by atoms with Crippen molar-refractivity contribution in [3.05, 3.63) is 76.6 Å². The number of carbonyl (C=O) groups excluding carboxylic acids is 1. The van der Waals surface area contributed by atoms with Gasteiger partial charge in [-0.1, -0.05) is 30.3 Å². The van der Waals surface area contributed by atoms with Crippen molar-refractivity contribution < 1.29 is 13.9 Å². The average molecular weight is 368 g/mol. The number of hydrogen-bond acceptors (Lipinski definition) is 4. The summed E-state index contributed by atoms with van der Waals surface area (Å²) >= 11 is 1.38. The molecule has 6 heteroatoms. The number of rotatable bonds is 6. The molecule has 0 unspecified atom stereocenters. The summed E-state index contributed by atoms with van der Waals surface area (Å²) in [5, 5.41) is 12.9. The Morgan fingerprint density at radius 2 is 1.92 bits per heavy atom. The monoisotopic (exact) mass is 368 g/mol. The fourth-order valence-electron chi connectivity index (χ4n) is 2.73. The van der Waals surface area contributed by atoms with Crippen LogP contribution >= 0.6 is 11.8 Å². The maximum atomic E-state index is 13.2. The summed E-state index contributed by atoms with van der Waals surface area (Å²) in [4.78, 5) is 12.1. The molecule has 3 rings (SSSR count). The second kappa shape index (κ2) is 8.54. The van der Waals surface area contributed by atoms with Crippen LogP contribution in [0.2, 0.25) is 0 Å². The summed E-state index contributed by atoms with van der Waals surface area (Å²) in [7, 11) is 0. The Morgan fingerprint density at radius 3 is 2.62 bits per heavy atom. The standard InChI is InChI=1S/C20H17FN2O2S/c21-15-8-6-14(7-9-15)17-12-19(24)23-20(18(17)13-22)26-11-10-25-16-4-2-1-3-5-16/h1-9,17H,10-12H2,(H,23,24)/t17-/m0/s1. The molecule has 1 N–H and O–H groups in total. The fraction of sp³-hybridized carbons (Fsp3) is 0.200. The molecule has 2 aromatic carbocycles. The Hall–Kier alpha value is -2.78. The lowest BCUT2D eigenvalue weighted by atomic mass is 9.87. The number of amides is 1. The Bertz CT molecular complexity index is 844. The van der Waals surface area contributed by atoms with Crippen LogP contribution in [0.1, 0.15) is 17.9 Å². The molecule has 2 aromatic rings. The van der Waals surface area contributed by atoms with Crippen LogP contribution in [0.25, 0.3) is 0 Å². The number of nitrogens with zero attached hydrogens (tertiary/aromatic N) is 1. The minimum absolute atomic E-state index is 0.148. The van der Waals surface area contributed by atoms with Gasteiger partial charge in [0.05, 0.1) is 23.3 Å². The van der Waals surface area contributed by atoms with E-state index in [1.807, 2.05) is 30.3 Å². The number of allylic oxidation sites excluding steroid dienone is 1. The summed E-state index contributed by atoms with van der Waals surface area (Å²) in [5.41, 5.74) is 1.26. The lowest BCUT2D eigenvalue weighted by Crippen LogP contribution is -2.31. The van der Waals surface area contributed by atoms with Crippen molar-refractivity contribution in [1.29, 1.82) is 5.26 Å². The quantitative estimate of drug-likeness (QED) is 0.784. The zero-order chi connectivity index (χ0) is 18.4. The smallest absolute Gasteiger partial charge is 0.225 e. The van der Waals surface area contributed by atoms with Crippen LogP contribution in [0.4, 0.5) is 4.39 Å². The number of ether oxygens (including phenoxy) is 1. The zero-order valence-corrected chi connectivity index (χ0v) is 14.8. The van der Waals surface area contributed by atoms with Gasteiger partial charge in [-0.25, -0.2) is 4.39 Å². The van der Waals surface area contributed by atoms with Gasteiger partial charge in [0.2, 0.25) is 5.91 Å². The number of nitriles is 1. The van der Waals surface area contributed by atoms with E-state index >= 15 is 0 Å². The van der Waals surface area contributed by atoms with Crippen LogP contribution < -0.4 is 10.1 Å². The Kier molecular flexibility index (Phi) is 5.92. The normalized spacial score (nSPS) is 16.8. The van der Waals surface area contributed by atoms with Gasteiger partial charge in [0, 0.05) is 18.1 Å². The summed E-state index contributed by atoms with van der Waals surface area (Å²) in [6.07, 6.45) is 0.180. The fourth-order valence-corrected chi connectivity index (χ4v) is 3.63. The van der Waals surface area contributed by atoms with Gasteiger partial charge in [-0.3, -0.25) is 4.79 Å². The third-order valence-electron chi connectivity index (χ3n) is 3.97. The maximum absolute atomic E-state index is 13.2. The first-order valence-corrected chi connectivity index (χ1v) is 9.16. The molecule has 1 atom stereocenters. The first-order valence-electron chi connectivity index (χ1n) is 8.17. The summed E-state index contributed by atoms with van der Waals surface area (Å²) in [5.74, 6) is 0.520. The van der Waals surface area contributed by atoms with E-state index in [0.717, 1.165) is 11.3 Å². The van der Waals surface area contributed by atoms with Gasteiger partial charge in [0.25, 0.3) is 0 Å². The highest BCUT2D eigenvalue weighted by molar-refractivity contribution is 8.03. The Balaban J connectivity index is 1.69. The van der Waals surface area contributed by atoms with Crippen LogP contribution in [-0.2, 0) is 4.79 Å². The van der Waals surface area contributed by atoms with Crippen LogP contribution in [-0.4, -0.2) is 18.3 Å². The molecule has 1 amide bonds. The van der Waals surface area contributed by atoms with Gasteiger partial charge in [-0.15, -0.1) is 11.8 Å². The second-order valence-electron chi connectivity index (χ2n) is 5.72. The number of thioether (sulfide) groups is 1. The van der Waals surface area contributed by atoms with Crippen LogP contribution in [0.5, 0.6) is 5.75 Å². The molecular weight excluding hydrogens is 351 g/mol. The van der Waals surface area contributed by atoms with Crippen LogP contribution in [0.3, 0.4) is 0 Å². The van der Waals surface area contributed by atoms with E-state index in [0.29, 0.717) is 23.0 Å². The molecule has 0 saturated carbocycles. The Morgan fingerprint density at radius 1 is 1.19 bits per heavy atom. The highest BCUT2D eigenvalue weighted by atomic mass is 32.2. The van der Waals surface area contributed by atoms with Gasteiger partial charge in [0.1, 0.15) is 11.6 Å². The van der Waals surface area contributed by atoms with Gasteiger partial charge in [-0.2, -0.15) is 5.26 Å². The molecule has 1 heterocycles. The van der Waals surface area contributed by atoms with Gasteiger partial charge in [0.15, 0.2) is 0 Å². The molecule has 0 radical (unpaired) electrons. The third-order valence-corrected chi connectivity index (χ3v) is 4.95. The topological polar surface area (TPSA) is 62.1 Å². The van der Waals surface area contributed by atoms with E-state index in [2.05, 4.69) is 11.4 Å². The molecule has 1 aliphatic rings. The number of carbonyl (C=O) groups is 1. The molecule has 0 bridgehead atoms. The van der Waals surface area contributed by atoms with Gasteiger partial charge in [-0.05, 0) is 29.8 Å². The predicted octanol–water partition coefficient (Wildman–Crippen LogP) is 3.98. The molecule has 0 aromatic heterocycles. The maximum Gasteiger partial charge on any atom is 0.225 e. The Labute approximate surface area is 155 Å². The average Bonchev–Trinajstić information content (AvgIpc) is 2.66.